The van der Waals surface area contributed by atoms with Crippen LogP contribution in [0.5, 0.6) is 0 Å². The highest BCUT2D eigenvalue weighted by Gasteiger charge is 2.20. The van der Waals surface area contributed by atoms with E-state index in [-0.39, 0.29) is 26.3 Å². The Labute approximate surface area is 131 Å². The number of benzene rings is 2. The molecule has 0 bridgehead atoms. The number of para-hydroxylation sites is 1. The maximum Gasteiger partial charge on any atom is 0.262 e. The second kappa shape index (κ2) is 5.71. The molecule has 0 saturated carbocycles. The van der Waals surface area contributed by atoms with Crippen molar-refractivity contribution in [2.75, 3.05) is 10.5 Å². The van der Waals surface area contributed by atoms with Crippen molar-refractivity contribution in [2.24, 2.45) is 0 Å². The van der Waals surface area contributed by atoms with Gasteiger partial charge in [0.05, 0.1) is 20.6 Å². The van der Waals surface area contributed by atoms with Crippen molar-refractivity contribution in [1.29, 1.82) is 0 Å². The third kappa shape index (κ3) is 3.23. The lowest BCUT2D eigenvalue weighted by Crippen LogP contribution is -2.15. The molecule has 0 atom stereocenters. The van der Waals surface area contributed by atoms with Crippen LogP contribution in [0.25, 0.3) is 0 Å². The molecule has 0 unspecified atom stereocenters. The van der Waals surface area contributed by atoms with Gasteiger partial charge in [-0.05, 0) is 36.8 Å². The van der Waals surface area contributed by atoms with Gasteiger partial charge in [-0.3, -0.25) is 4.72 Å². The van der Waals surface area contributed by atoms with Crippen molar-refractivity contribution in [3.05, 3.63) is 51.8 Å². The van der Waals surface area contributed by atoms with Gasteiger partial charge in [0.25, 0.3) is 10.0 Å². The lowest BCUT2D eigenvalue weighted by atomic mass is 10.2. The molecule has 0 radical (unpaired) electrons. The number of sulfonamides is 1. The molecule has 2 aromatic rings. The fourth-order valence-corrected chi connectivity index (χ4v) is 3.29. The number of aryl methyl sites for hydroxylation is 1. The van der Waals surface area contributed by atoms with Crippen LogP contribution in [0, 0.1) is 12.7 Å². The van der Waals surface area contributed by atoms with Gasteiger partial charge >= 0.3 is 0 Å². The molecule has 2 rings (SSSR count). The molecule has 2 aromatic carbocycles. The van der Waals surface area contributed by atoms with Crippen LogP contribution in [-0.4, -0.2) is 8.42 Å². The molecular formula is C13H11Cl2FN2O2S. The molecule has 0 spiro atoms. The number of nitrogens with one attached hydrogen (secondary N) is 1. The van der Waals surface area contributed by atoms with Crippen LogP contribution in [0.4, 0.5) is 15.8 Å². The Morgan fingerprint density at radius 2 is 1.90 bits per heavy atom. The molecule has 0 aliphatic rings. The van der Waals surface area contributed by atoms with Crippen LogP contribution in [0.15, 0.2) is 35.2 Å². The van der Waals surface area contributed by atoms with E-state index in [1.807, 2.05) is 0 Å². The topological polar surface area (TPSA) is 72.2 Å². The van der Waals surface area contributed by atoms with Crippen LogP contribution < -0.4 is 10.5 Å². The first-order chi connectivity index (χ1) is 9.72. The number of halogens is 3. The van der Waals surface area contributed by atoms with Crippen LogP contribution in [-0.2, 0) is 10.0 Å². The average Bonchev–Trinajstić information content (AvgIpc) is 2.40. The number of nitrogen functional groups attached to an aromatic ring is 1. The molecule has 0 saturated heterocycles. The van der Waals surface area contributed by atoms with E-state index in [1.54, 1.807) is 6.92 Å². The molecule has 112 valence electrons. The van der Waals surface area contributed by atoms with Gasteiger partial charge in [0.2, 0.25) is 0 Å². The molecule has 0 fully saturated rings. The minimum absolute atomic E-state index is 0.0442. The quantitative estimate of drug-likeness (QED) is 0.828. The molecular weight excluding hydrogens is 338 g/mol. The van der Waals surface area contributed by atoms with Crippen molar-refractivity contribution in [1.82, 2.24) is 0 Å². The van der Waals surface area contributed by atoms with Crippen molar-refractivity contribution < 1.29 is 12.8 Å². The van der Waals surface area contributed by atoms with Gasteiger partial charge in [-0.15, -0.1) is 0 Å². The van der Waals surface area contributed by atoms with Crippen LogP contribution in [0.1, 0.15) is 5.56 Å². The highest BCUT2D eigenvalue weighted by Crippen LogP contribution is 2.30. The predicted molar refractivity (Wildman–Crippen MR) is 82.8 cm³/mol. The number of rotatable bonds is 3. The van der Waals surface area contributed by atoms with E-state index in [9.17, 15) is 12.8 Å². The van der Waals surface area contributed by atoms with Gasteiger partial charge in [-0.2, -0.15) is 0 Å². The van der Waals surface area contributed by atoms with E-state index in [4.69, 9.17) is 28.9 Å². The second-order valence-corrected chi connectivity index (χ2v) is 6.81. The number of hydrogen-bond acceptors (Lipinski definition) is 3. The summed E-state index contributed by atoms with van der Waals surface area (Å²) in [5.74, 6) is -0.773. The molecule has 4 nitrogen and oxygen atoms in total. The minimum atomic E-state index is -4.03. The van der Waals surface area contributed by atoms with E-state index in [1.165, 1.54) is 24.3 Å². The van der Waals surface area contributed by atoms with Gasteiger partial charge in [0, 0.05) is 0 Å². The number of anilines is 2. The zero-order valence-electron chi connectivity index (χ0n) is 10.8. The lowest BCUT2D eigenvalue weighted by molar-refractivity contribution is 0.598. The van der Waals surface area contributed by atoms with E-state index in [2.05, 4.69) is 4.72 Å². The maximum absolute atomic E-state index is 13.7. The number of hydrogen-bond donors (Lipinski definition) is 2. The van der Waals surface area contributed by atoms with Gasteiger partial charge < -0.3 is 5.73 Å². The summed E-state index contributed by atoms with van der Waals surface area (Å²) in [5, 5.41) is 0.232. The Balaban J connectivity index is 2.49. The van der Waals surface area contributed by atoms with Gasteiger partial charge in [-0.25, -0.2) is 12.8 Å². The summed E-state index contributed by atoms with van der Waals surface area (Å²) in [6, 6.07) is 6.40. The Bertz CT molecular complexity index is 767. The Morgan fingerprint density at radius 1 is 1.24 bits per heavy atom. The lowest BCUT2D eigenvalue weighted by Gasteiger charge is -2.12. The molecule has 21 heavy (non-hydrogen) atoms. The van der Waals surface area contributed by atoms with Crippen molar-refractivity contribution in [2.45, 2.75) is 11.8 Å². The zero-order valence-corrected chi connectivity index (χ0v) is 13.2. The van der Waals surface area contributed by atoms with Crippen LogP contribution >= 0.6 is 23.2 Å². The smallest absolute Gasteiger partial charge is 0.262 e. The SMILES string of the molecule is Cc1cc(S(=O)(=O)Nc2c(F)cccc2Cl)cc(N)c1Cl. The van der Waals surface area contributed by atoms with Gasteiger partial charge in [-0.1, -0.05) is 29.3 Å². The fraction of sp³-hybridized carbons (Fsp3) is 0.0769. The summed E-state index contributed by atoms with van der Waals surface area (Å²) >= 11 is 11.7. The maximum atomic E-state index is 13.7. The normalized spacial score (nSPS) is 11.4. The van der Waals surface area contributed by atoms with Crippen molar-refractivity contribution in [3.8, 4) is 0 Å². The predicted octanol–water partition coefficient (Wildman–Crippen LogP) is 3.82. The van der Waals surface area contributed by atoms with Crippen LogP contribution in [0.3, 0.4) is 0 Å². The summed E-state index contributed by atoms with van der Waals surface area (Å²) in [4.78, 5) is -0.124. The molecule has 0 aliphatic carbocycles. The van der Waals surface area contributed by atoms with Crippen molar-refractivity contribution in [3.63, 3.8) is 0 Å². The van der Waals surface area contributed by atoms with Gasteiger partial charge in [0.15, 0.2) is 0 Å². The molecule has 0 aliphatic heterocycles. The third-order valence-electron chi connectivity index (χ3n) is 2.77. The first-order valence-electron chi connectivity index (χ1n) is 5.75. The van der Waals surface area contributed by atoms with Crippen molar-refractivity contribution >= 4 is 44.6 Å². The fourth-order valence-electron chi connectivity index (χ4n) is 1.71. The van der Waals surface area contributed by atoms with E-state index < -0.39 is 15.8 Å². The third-order valence-corrected chi connectivity index (χ3v) is 4.93. The monoisotopic (exact) mass is 348 g/mol. The highest BCUT2D eigenvalue weighted by molar-refractivity contribution is 7.92. The highest BCUT2D eigenvalue weighted by atomic mass is 35.5. The molecule has 3 N–H and O–H groups in total. The molecule has 0 amide bonds. The van der Waals surface area contributed by atoms with E-state index >= 15 is 0 Å². The largest absolute Gasteiger partial charge is 0.397 e. The Hall–Kier alpha value is -1.50. The summed E-state index contributed by atoms with van der Waals surface area (Å²) in [6.07, 6.45) is 0. The van der Waals surface area contributed by atoms with E-state index in [0.29, 0.717) is 5.56 Å². The van der Waals surface area contributed by atoms with E-state index in [0.717, 1.165) is 6.07 Å². The molecule has 8 heteroatoms. The molecule has 0 heterocycles. The second-order valence-electron chi connectivity index (χ2n) is 4.35. The summed E-state index contributed by atoms with van der Waals surface area (Å²) in [7, 11) is -4.03. The Kier molecular flexibility index (Phi) is 4.32. The van der Waals surface area contributed by atoms with Crippen LogP contribution in [0.2, 0.25) is 10.0 Å². The molecule has 0 aromatic heterocycles. The average molecular weight is 349 g/mol. The summed E-state index contributed by atoms with van der Waals surface area (Å²) in [5.41, 5.74) is 5.95. The summed E-state index contributed by atoms with van der Waals surface area (Å²) in [6.45, 7) is 1.62. The Morgan fingerprint density at radius 3 is 2.48 bits per heavy atom. The number of nitrogens with two attached hydrogens (primary N) is 1. The first kappa shape index (κ1) is 15.9. The van der Waals surface area contributed by atoms with Gasteiger partial charge in [0.1, 0.15) is 11.5 Å². The first-order valence-corrected chi connectivity index (χ1v) is 7.99. The standard InChI is InChI=1S/C13H11Cl2FN2O2S/c1-7-5-8(6-11(17)12(7)15)21(19,20)18-13-9(14)3-2-4-10(13)16/h2-6,18H,17H2,1H3. The summed E-state index contributed by atoms with van der Waals surface area (Å²) < 4.78 is 40.3. The minimum Gasteiger partial charge on any atom is -0.397 e. The zero-order chi connectivity index (χ0) is 15.8.